The Labute approximate surface area is 324 Å². The molecule has 0 radical (unpaired) electrons. The van der Waals surface area contributed by atoms with Gasteiger partial charge in [-0.15, -0.1) is 0 Å². The lowest BCUT2D eigenvalue weighted by Gasteiger charge is -2.30. The molecule has 0 saturated heterocycles. The molecule has 0 aromatic heterocycles. The maximum absolute atomic E-state index is 2.42. The maximum Gasteiger partial charge on any atom is 0.0546 e. The molecule has 0 amide bonds. The van der Waals surface area contributed by atoms with Crippen molar-refractivity contribution >= 4 is 17.1 Å². The van der Waals surface area contributed by atoms with Crippen LogP contribution >= 0.6 is 0 Å². The Bertz CT molecular complexity index is 2670. The molecule has 1 nitrogen and oxygen atoms in total. The van der Waals surface area contributed by atoms with Crippen molar-refractivity contribution in [1.82, 2.24) is 0 Å². The zero-order chi connectivity index (χ0) is 36.8. The van der Waals surface area contributed by atoms with Crippen LogP contribution in [-0.4, -0.2) is 0 Å². The SMILES string of the molecule is c1ccc(-c2cccc(N(c3ccc(-c4ccccc4-c4ccccc4-c4ccccc4)cc3)c3cccc(-c4ccccc4)c3-c3ccccc3)c2)cc1. The molecule has 0 aliphatic rings. The number of nitrogens with zero attached hydrogens (tertiary/aromatic N) is 1. The zero-order valence-electron chi connectivity index (χ0n) is 30.5. The number of rotatable bonds is 9. The van der Waals surface area contributed by atoms with Crippen LogP contribution in [0.25, 0.3) is 66.8 Å². The van der Waals surface area contributed by atoms with Crippen LogP contribution in [0.15, 0.2) is 237 Å². The fourth-order valence-electron chi connectivity index (χ4n) is 7.72. The average Bonchev–Trinajstić information content (AvgIpc) is 3.28. The fourth-order valence-corrected chi connectivity index (χ4v) is 7.72. The predicted molar refractivity (Wildman–Crippen MR) is 234 cm³/mol. The monoisotopic (exact) mass is 701 g/mol. The van der Waals surface area contributed by atoms with E-state index in [0.29, 0.717) is 0 Å². The van der Waals surface area contributed by atoms with Crippen molar-refractivity contribution in [2.75, 3.05) is 4.90 Å². The minimum absolute atomic E-state index is 1.08. The first kappa shape index (κ1) is 33.6. The van der Waals surface area contributed by atoms with Crippen LogP contribution in [0.2, 0.25) is 0 Å². The Morgan fingerprint density at radius 1 is 0.218 bits per heavy atom. The quantitative estimate of drug-likeness (QED) is 0.145. The van der Waals surface area contributed by atoms with Crippen molar-refractivity contribution in [1.29, 1.82) is 0 Å². The molecule has 9 rings (SSSR count). The Morgan fingerprint density at radius 3 is 1.18 bits per heavy atom. The number of hydrogen-bond donors (Lipinski definition) is 0. The number of anilines is 3. The van der Waals surface area contributed by atoms with E-state index in [1.807, 2.05) is 0 Å². The zero-order valence-corrected chi connectivity index (χ0v) is 30.5. The highest BCUT2D eigenvalue weighted by molar-refractivity contribution is 5.98. The predicted octanol–water partition coefficient (Wildman–Crippen LogP) is 15.2. The molecule has 260 valence electrons. The average molecular weight is 702 g/mol. The van der Waals surface area contributed by atoms with Crippen LogP contribution in [-0.2, 0) is 0 Å². The third-order valence-electron chi connectivity index (χ3n) is 10.3. The van der Waals surface area contributed by atoms with Gasteiger partial charge in [0.25, 0.3) is 0 Å². The summed E-state index contributed by atoms with van der Waals surface area (Å²) in [6.07, 6.45) is 0. The normalized spacial score (nSPS) is 10.9. The van der Waals surface area contributed by atoms with Gasteiger partial charge in [0.2, 0.25) is 0 Å². The van der Waals surface area contributed by atoms with Crippen molar-refractivity contribution in [2.24, 2.45) is 0 Å². The van der Waals surface area contributed by atoms with E-state index in [9.17, 15) is 0 Å². The molecule has 0 unspecified atom stereocenters. The molecule has 0 aliphatic heterocycles. The second-order valence-corrected chi connectivity index (χ2v) is 13.7. The second kappa shape index (κ2) is 15.4. The summed E-state index contributed by atoms with van der Waals surface area (Å²) in [5.41, 5.74) is 17.6. The van der Waals surface area contributed by atoms with Crippen molar-refractivity contribution in [3.63, 3.8) is 0 Å². The lowest BCUT2D eigenvalue weighted by Crippen LogP contribution is -2.12. The summed E-state index contributed by atoms with van der Waals surface area (Å²) < 4.78 is 0. The number of benzene rings is 9. The molecule has 0 N–H and O–H groups in total. The number of hydrogen-bond acceptors (Lipinski definition) is 1. The summed E-state index contributed by atoms with van der Waals surface area (Å²) in [5.74, 6) is 0. The van der Waals surface area contributed by atoms with Crippen molar-refractivity contribution < 1.29 is 0 Å². The lowest BCUT2D eigenvalue weighted by atomic mass is 9.89. The van der Waals surface area contributed by atoms with Crippen molar-refractivity contribution in [3.8, 4) is 66.8 Å². The Kier molecular flexibility index (Phi) is 9.41. The first-order valence-corrected chi connectivity index (χ1v) is 18.9. The first-order chi connectivity index (χ1) is 27.3. The highest BCUT2D eigenvalue weighted by atomic mass is 15.1. The fraction of sp³-hybridized carbons (Fsp3) is 0. The van der Waals surface area contributed by atoms with Gasteiger partial charge in [-0.25, -0.2) is 0 Å². The molecule has 0 atom stereocenters. The van der Waals surface area contributed by atoms with Gasteiger partial charge in [-0.05, 0) is 91.5 Å². The summed E-state index contributed by atoms with van der Waals surface area (Å²) >= 11 is 0. The molecule has 0 saturated carbocycles. The molecule has 0 heterocycles. The van der Waals surface area contributed by atoms with E-state index < -0.39 is 0 Å². The van der Waals surface area contributed by atoms with Gasteiger partial charge in [0.15, 0.2) is 0 Å². The minimum atomic E-state index is 1.08. The summed E-state index contributed by atoms with van der Waals surface area (Å²) in [4.78, 5) is 2.42. The largest absolute Gasteiger partial charge is 0.310 e. The topological polar surface area (TPSA) is 3.24 Å². The standard InChI is InChI=1S/C54H39N/c1-5-19-40(20-6-1)45-27-17-28-47(39-45)55(53-34-18-33-50(42-23-9-3-10-24-42)54(53)44-25-11-4-12-26-44)46-37-35-43(36-38-46)49-30-14-16-32-52(49)51-31-15-13-29-48(51)41-21-7-2-8-22-41/h1-39H. The summed E-state index contributed by atoms with van der Waals surface area (Å²) in [5, 5.41) is 0. The highest BCUT2D eigenvalue weighted by Crippen LogP contribution is 2.46. The molecule has 1 heteroatoms. The van der Waals surface area contributed by atoms with Crippen LogP contribution < -0.4 is 4.90 Å². The van der Waals surface area contributed by atoms with Gasteiger partial charge in [0.05, 0.1) is 5.69 Å². The molecule has 0 spiro atoms. The van der Waals surface area contributed by atoms with Crippen LogP contribution in [0.5, 0.6) is 0 Å². The Hall–Kier alpha value is -7.22. The van der Waals surface area contributed by atoms with Crippen LogP contribution in [0.4, 0.5) is 17.1 Å². The van der Waals surface area contributed by atoms with Gasteiger partial charge in [-0.1, -0.05) is 206 Å². The summed E-state index contributed by atoms with van der Waals surface area (Å²) in [6.45, 7) is 0. The molecule has 0 fully saturated rings. The van der Waals surface area contributed by atoms with Crippen molar-refractivity contribution in [2.45, 2.75) is 0 Å². The molecule has 55 heavy (non-hydrogen) atoms. The molecular weight excluding hydrogens is 663 g/mol. The van der Waals surface area contributed by atoms with E-state index in [1.54, 1.807) is 0 Å². The molecule has 0 aliphatic carbocycles. The first-order valence-electron chi connectivity index (χ1n) is 18.9. The van der Waals surface area contributed by atoms with Gasteiger partial charge < -0.3 is 4.90 Å². The van der Waals surface area contributed by atoms with E-state index in [2.05, 4.69) is 241 Å². The van der Waals surface area contributed by atoms with Gasteiger partial charge >= 0.3 is 0 Å². The maximum atomic E-state index is 2.42. The van der Waals surface area contributed by atoms with E-state index >= 15 is 0 Å². The molecule has 9 aromatic rings. The van der Waals surface area contributed by atoms with Gasteiger partial charge in [-0.2, -0.15) is 0 Å². The highest BCUT2D eigenvalue weighted by Gasteiger charge is 2.21. The molecule has 9 aromatic carbocycles. The van der Waals surface area contributed by atoms with Gasteiger partial charge in [0, 0.05) is 16.9 Å². The third-order valence-corrected chi connectivity index (χ3v) is 10.3. The van der Waals surface area contributed by atoms with E-state index in [1.165, 1.54) is 66.8 Å². The summed E-state index contributed by atoms with van der Waals surface area (Å²) in [7, 11) is 0. The molecule has 0 bridgehead atoms. The van der Waals surface area contributed by atoms with Crippen molar-refractivity contribution in [3.05, 3.63) is 237 Å². The van der Waals surface area contributed by atoms with Gasteiger partial charge in [0.1, 0.15) is 0 Å². The van der Waals surface area contributed by atoms with E-state index in [-0.39, 0.29) is 0 Å². The van der Waals surface area contributed by atoms with Crippen LogP contribution in [0, 0.1) is 0 Å². The second-order valence-electron chi connectivity index (χ2n) is 13.7. The summed E-state index contributed by atoms with van der Waals surface area (Å²) in [6, 6.07) is 85.0. The lowest BCUT2D eigenvalue weighted by molar-refractivity contribution is 1.28. The van der Waals surface area contributed by atoms with E-state index in [4.69, 9.17) is 0 Å². The van der Waals surface area contributed by atoms with Crippen LogP contribution in [0.3, 0.4) is 0 Å². The smallest absolute Gasteiger partial charge is 0.0546 e. The third kappa shape index (κ3) is 6.88. The Morgan fingerprint density at radius 2 is 0.618 bits per heavy atom. The van der Waals surface area contributed by atoms with Crippen LogP contribution in [0.1, 0.15) is 0 Å². The molecular formula is C54H39N. The Balaban J connectivity index is 1.22. The van der Waals surface area contributed by atoms with Gasteiger partial charge in [-0.3, -0.25) is 0 Å². The van der Waals surface area contributed by atoms with E-state index in [0.717, 1.165) is 17.1 Å². The minimum Gasteiger partial charge on any atom is -0.310 e.